The van der Waals surface area contributed by atoms with E-state index in [2.05, 4.69) is 4.98 Å². The summed E-state index contributed by atoms with van der Waals surface area (Å²) in [6.45, 7) is 11.2. The maximum absolute atomic E-state index is 13.3. The molecule has 1 saturated heterocycles. The van der Waals surface area contributed by atoms with Gasteiger partial charge in [0.15, 0.2) is 5.12 Å². The second kappa shape index (κ2) is 6.98. The van der Waals surface area contributed by atoms with Crippen LogP contribution in [0.15, 0.2) is 17.7 Å². The summed E-state index contributed by atoms with van der Waals surface area (Å²) in [6, 6.07) is 1.43. The van der Waals surface area contributed by atoms with Gasteiger partial charge < -0.3 is 9.31 Å². The Labute approximate surface area is 147 Å². The van der Waals surface area contributed by atoms with E-state index in [1.807, 2.05) is 33.8 Å². The Balaban J connectivity index is 2.35. The third kappa shape index (κ3) is 4.26. The lowest BCUT2D eigenvalue weighted by Gasteiger charge is -2.32. The third-order valence-corrected chi connectivity index (χ3v) is 5.29. The Morgan fingerprint density at radius 3 is 2.42 bits per heavy atom. The summed E-state index contributed by atoms with van der Waals surface area (Å²) in [5.41, 5.74) is 1.23. The summed E-state index contributed by atoms with van der Waals surface area (Å²) in [4.78, 5) is 15.5. The molecule has 130 valence electrons. The van der Waals surface area contributed by atoms with Crippen LogP contribution >= 0.6 is 11.8 Å². The van der Waals surface area contributed by atoms with Crippen molar-refractivity contribution in [3.05, 3.63) is 34.8 Å². The molecule has 7 heteroatoms. The fourth-order valence-electron chi connectivity index (χ4n) is 2.23. The molecular formula is C17H23BFNO3S. The van der Waals surface area contributed by atoms with Crippen molar-refractivity contribution >= 4 is 30.1 Å². The lowest BCUT2D eigenvalue weighted by molar-refractivity contribution is -0.109. The lowest BCUT2D eigenvalue weighted by Crippen LogP contribution is -2.41. The lowest BCUT2D eigenvalue weighted by atomic mass is 9.78. The molecule has 24 heavy (non-hydrogen) atoms. The van der Waals surface area contributed by atoms with Gasteiger partial charge in [-0.1, -0.05) is 11.8 Å². The van der Waals surface area contributed by atoms with Crippen LogP contribution in [0.4, 0.5) is 4.39 Å². The predicted octanol–water partition coefficient (Wildman–Crippen LogP) is 3.82. The topological polar surface area (TPSA) is 48.4 Å². The highest BCUT2D eigenvalue weighted by atomic mass is 32.2. The smallest absolute Gasteiger partial charge is 0.400 e. The number of pyridine rings is 1. The molecule has 1 aliphatic heterocycles. The molecule has 4 nitrogen and oxygen atoms in total. The van der Waals surface area contributed by atoms with Crippen molar-refractivity contribution in [1.82, 2.24) is 4.98 Å². The third-order valence-electron chi connectivity index (χ3n) is 4.41. The quantitative estimate of drug-likeness (QED) is 0.772. The molecule has 1 aliphatic rings. The summed E-state index contributed by atoms with van der Waals surface area (Å²) in [5, 5.41) is 0.0150. The van der Waals surface area contributed by atoms with Gasteiger partial charge >= 0.3 is 7.12 Å². The van der Waals surface area contributed by atoms with Crippen molar-refractivity contribution in [3.8, 4) is 0 Å². The number of carbonyl (C=O) groups excluding carboxylic acids is 1. The van der Waals surface area contributed by atoms with E-state index in [-0.39, 0.29) is 10.9 Å². The second-order valence-corrected chi connectivity index (χ2v) is 8.10. The van der Waals surface area contributed by atoms with Crippen LogP contribution in [0.25, 0.3) is 6.08 Å². The molecule has 0 saturated carbocycles. The van der Waals surface area contributed by atoms with Gasteiger partial charge in [0.25, 0.3) is 0 Å². The van der Waals surface area contributed by atoms with Crippen molar-refractivity contribution in [1.29, 1.82) is 0 Å². The Kier molecular flexibility index (Phi) is 5.57. The molecule has 0 aromatic carbocycles. The van der Waals surface area contributed by atoms with E-state index in [0.717, 1.165) is 11.0 Å². The molecule has 0 spiro atoms. The van der Waals surface area contributed by atoms with Gasteiger partial charge in [-0.05, 0) is 57.8 Å². The molecule has 0 radical (unpaired) electrons. The van der Waals surface area contributed by atoms with Gasteiger partial charge in [0.2, 0.25) is 0 Å². The monoisotopic (exact) mass is 351 g/mol. The molecule has 0 aliphatic carbocycles. The van der Waals surface area contributed by atoms with Gasteiger partial charge in [0.05, 0.1) is 23.1 Å². The molecule has 1 fully saturated rings. The number of nitrogens with zero attached hydrogens (tertiary/aromatic N) is 1. The molecule has 0 N–H and O–H groups in total. The van der Waals surface area contributed by atoms with E-state index < -0.39 is 18.3 Å². The number of halogens is 1. The molecule has 2 heterocycles. The normalized spacial score (nSPS) is 19.6. The highest BCUT2D eigenvalue weighted by molar-refractivity contribution is 8.13. The maximum atomic E-state index is 13.3. The summed E-state index contributed by atoms with van der Waals surface area (Å²) in [5.74, 6) is 0.0601. The van der Waals surface area contributed by atoms with Gasteiger partial charge in [0, 0.05) is 12.7 Å². The van der Waals surface area contributed by atoms with Gasteiger partial charge in [0.1, 0.15) is 5.82 Å². The van der Waals surface area contributed by atoms with Gasteiger partial charge in [-0.2, -0.15) is 0 Å². The first kappa shape index (κ1) is 19.2. The van der Waals surface area contributed by atoms with Gasteiger partial charge in [-0.15, -0.1) is 0 Å². The van der Waals surface area contributed by atoms with Crippen LogP contribution < -0.4 is 0 Å². The minimum atomic E-state index is -0.562. The number of hydrogen-bond acceptors (Lipinski definition) is 5. The molecule has 0 amide bonds. The first-order chi connectivity index (χ1) is 11.0. The second-order valence-electron chi connectivity index (χ2n) is 6.94. The Hall–Kier alpha value is -1.18. The minimum absolute atomic E-state index is 0.0150. The number of carbonyl (C=O) groups is 1. The van der Waals surface area contributed by atoms with Crippen LogP contribution in [0.2, 0.25) is 0 Å². The van der Waals surface area contributed by atoms with Crippen LogP contribution in [0.5, 0.6) is 0 Å². The highest BCUT2D eigenvalue weighted by Gasteiger charge is 2.52. The Morgan fingerprint density at radius 1 is 1.33 bits per heavy atom. The van der Waals surface area contributed by atoms with Crippen molar-refractivity contribution in [3.63, 3.8) is 0 Å². The number of aromatic nitrogens is 1. The van der Waals surface area contributed by atoms with Crippen LogP contribution in [-0.2, 0) is 14.1 Å². The number of aryl methyl sites for hydroxylation is 1. The van der Waals surface area contributed by atoms with Crippen molar-refractivity contribution in [2.75, 3.05) is 5.75 Å². The van der Waals surface area contributed by atoms with E-state index in [9.17, 15) is 9.18 Å². The van der Waals surface area contributed by atoms with Crippen molar-refractivity contribution in [2.45, 2.75) is 52.7 Å². The van der Waals surface area contributed by atoms with Crippen LogP contribution in [0.1, 0.15) is 45.9 Å². The van der Waals surface area contributed by atoms with Crippen molar-refractivity contribution < 1.29 is 18.5 Å². The zero-order valence-corrected chi connectivity index (χ0v) is 15.8. The standard InChI is InChI=1S/C17H23BFNO3S/c1-11-7-14(19)9-20-15(11)8-13(10-24-12(2)21)18-22-16(3,4)17(5,6)23-18/h7-9H,10H2,1-6H3. The van der Waals surface area contributed by atoms with Gasteiger partial charge in [-0.25, -0.2) is 4.39 Å². The maximum Gasteiger partial charge on any atom is 0.491 e. The summed E-state index contributed by atoms with van der Waals surface area (Å²) >= 11 is 1.19. The summed E-state index contributed by atoms with van der Waals surface area (Å²) < 4.78 is 25.4. The molecular weight excluding hydrogens is 328 g/mol. The van der Waals surface area contributed by atoms with Crippen LogP contribution in [-0.4, -0.2) is 34.2 Å². The van der Waals surface area contributed by atoms with Crippen LogP contribution in [0, 0.1) is 12.7 Å². The Bertz CT molecular complexity index is 660. The fourth-order valence-corrected chi connectivity index (χ4v) is 2.82. The zero-order chi connectivity index (χ0) is 18.1. The zero-order valence-electron chi connectivity index (χ0n) is 15.0. The summed E-state index contributed by atoms with van der Waals surface area (Å²) in [6.07, 6.45) is 3.01. The fraction of sp³-hybridized carbons (Fsp3) is 0.529. The van der Waals surface area contributed by atoms with Gasteiger partial charge in [-0.3, -0.25) is 9.78 Å². The van der Waals surface area contributed by atoms with E-state index in [1.165, 1.54) is 30.9 Å². The molecule has 2 rings (SSSR count). The van der Waals surface area contributed by atoms with E-state index in [0.29, 0.717) is 11.4 Å². The SMILES string of the molecule is CC(=O)SCC(=Cc1ncc(F)cc1C)B1OC(C)(C)C(C)(C)O1. The van der Waals surface area contributed by atoms with Crippen molar-refractivity contribution in [2.24, 2.45) is 0 Å². The Morgan fingerprint density at radius 2 is 1.92 bits per heavy atom. The first-order valence-electron chi connectivity index (χ1n) is 7.83. The average Bonchev–Trinajstić information content (AvgIpc) is 2.65. The van der Waals surface area contributed by atoms with E-state index in [4.69, 9.17) is 9.31 Å². The summed E-state index contributed by atoms with van der Waals surface area (Å²) in [7, 11) is -0.562. The molecule has 0 atom stereocenters. The first-order valence-corrected chi connectivity index (χ1v) is 8.82. The molecule has 0 bridgehead atoms. The van der Waals surface area contributed by atoms with E-state index in [1.54, 1.807) is 6.92 Å². The van der Waals surface area contributed by atoms with Crippen LogP contribution in [0.3, 0.4) is 0 Å². The number of thioether (sulfide) groups is 1. The molecule has 1 aromatic heterocycles. The molecule has 0 unspecified atom stereocenters. The number of rotatable bonds is 4. The minimum Gasteiger partial charge on any atom is -0.400 e. The predicted molar refractivity (Wildman–Crippen MR) is 96.1 cm³/mol. The number of hydrogen-bond donors (Lipinski definition) is 0. The average molecular weight is 351 g/mol. The highest BCUT2D eigenvalue weighted by Crippen LogP contribution is 2.39. The van der Waals surface area contributed by atoms with E-state index >= 15 is 0 Å². The molecule has 1 aromatic rings. The largest absolute Gasteiger partial charge is 0.491 e.